The minimum atomic E-state index is -2.90. The molecule has 0 spiro atoms. The zero-order chi connectivity index (χ0) is 18.9. The number of methoxy groups -OCH3 is 1. The van der Waals surface area contributed by atoms with Gasteiger partial charge in [0.1, 0.15) is 0 Å². The maximum absolute atomic E-state index is 12.4. The first-order chi connectivity index (χ1) is 12.5. The summed E-state index contributed by atoms with van der Waals surface area (Å²) in [5, 5.41) is 2.93. The topological polar surface area (TPSA) is 47.6 Å². The molecule has 0 aliphatic rings. The zero-order valence-corrected chi connectivity index (χ0v) is 14.9. The smallest absolute Gasteiger partial charge is 0.387 e. The van der Waals surface area contributed by atoms with Crippen LogP contribution in [0.2, 0.25) is 0 Å². The van der Waals surface area contributed by atoms with E-state index in [-0.39, 0.29) is 23.3 Å². The van der Waals surface area contributed by atoms with Gasteiger partial charge in [0, 0.05) is 6.54 Å². The number of halogens is 2. The molecule has 0 aliphatic carbocycles. The highest BCUT2D eigenvalue weighted by Gasteiger charge is 2.18. The summed E-state index contributed by atoms with van der Waals surface area (Å²) in [5.41, 5.74) is 1.85. The van der Waals surface area contributed by atoms with Gasteiger partial charge in [-0.1, -0.05) is 43.3 Å². The van der Waals surface area contributed by atoms with Crippen LogP contribution in [0.3, 0.4) is 0 Å². The van der Waals surface area contributed by atoms with Crippen molar-refractivity contribution >= 4 is 5.91 Å². The Morgan fingerprint density at radius 1 is 1.12 bits per heavy atom. The van der Waals surface area contributed by atoms with Crippen molar-refractivity contribution < 1.29 is 23.0 Å². The number of carbonyl (C=O) groups is 1. The molecule has 0 heterocycles. The first-order valence-corrected chi connectivity index (χ1v) is 8.49. The number of hydrogen-bond acceptors (Lipinski definition) is 3. The molecule has 2 rings (SSSR count). The van der Waals surface area contributed by atoms with E-state index in [9.17, 15) is 13.6 Å². The van der Waals surface area contributed by atoms with Gasteiger partial charge in [-0.2, -0.15) is 8.78 Å². The van der Waals surface area contributed by atoms with Gasteiger partial charge in [-0.05, 0) is 36.1 Å². The fourth-order valence-electron chi connectivity index (χ4n) is 2.77. The van der Waals surface area contributed by atoms with E-state index in [4.69, 9.17) is 4.74 Å². The van der Waals surface area contributed by atoms with Crippen LogP contribution >= 0.6 is 0 Å². The monoisotopic (exact) mass is 363 g/mol. The molecule has 26 heavy (non-hydrogen) atoms. The number of nitrogens with one attached hydrogen (secondary N) is 1. The second kappa shape index (κ2) is 9.75. The van der Waals surface area contributed by atoms with Crippen LogP contribution in [0.15, 0.2) is 48.5 Å². The van der Waals surface area contributed by atoms with Gasteiger partial charge in [0.15, 0.2) is 11.5 Å². The lowest BCUT2D eigenvalue weighted by Gasteiger charge is -2.16. The number of carbonyl (C=O) groups excluding carboxylic acids is 1. The van der Waals surface area contributed by atoms with Crippen LogP contribution < -0.4 is 14.8 Å². The molecular formula is C20H23F2NO3. The number of hydrogen-bond donors (Lipinski definition) is 1. The Labute approximate surface area is 152 Å². The van der Waals surface area contributed by atoms with E-state index in [1.165, 1.54) is 13.2 Å². The molecule has 0 fully saturated rings. The molecule has 0 bridgehead atoms. The minimum Gasteiger partial charge on any atom is -0.493 e. The van der Waals surface area contributed by atoms with Crippen molar-refractivity contribution in [1.29, 1.82) is 0 Å². The van der Waals surface area contributed by atoms with Crippen molar-refractivity contribution in [3.8, 4) is 11.5 Å². The molecule has 140 valence electrons. The first-order valence-electron chi connectivity index (χ1n) is 8.49. The number of amides is 1. The largest absolute Gasteiger partial charge is 0.493 e. The van der Waals surface area contributed by atoms with Gasteiger partial charge in [0.05, 0.1) is 13.0 Å². The first kappa shape index (κ1) is 19.7. The summed E-state index contributed by atoms with van der Waals surface area (Å²) in [6.07, 6.45) is 1.27. The summed E-state index contributed by atoms with van der Waals surface area (Å²) in [6, 6.07) is 14.4. The molecule has 2 aromatic carbocycles. The predicted molar refractivity (Wildman–Crippen MR) is 95.8 cm³/mol. The molecule has 1 N–H and O–H groups in total. The van der Waals surface area contributed by atoms with Gasteiger partial charge in [0.25, 0.3) is 0 Å². The van der Waals surface area contributed by atoms with Gasteiger partial charge in [-0.15, -0.1) is 0 Å². The Kier molecular flexibility index (Phi) is 7.38. The fourth-order valence-corrected chi connectivity index (χ4v) is 2.77. The maximum atomic E-state index is 12.4. The average Bonchev–Trinajstić information content (AvgIpc) is 2.64. The Morgan fingerprint density at radius 2 is 1.85 bits per heavy atom. The lowest BCUT2D eigenvalue weighted by Crippen LogP contribution is -2.30. The van der Waals surface area contributed by atoms with E-state index < -0.39 is 6.61 Å². The lowest BCUT2D eigenvalue weighted by atomic mass is 9.95. The summed E-state index contributed by atoms with van der Waals surface area (Å²) in [6.45, 7) is -0.484. The van der Waals surface area contributed by atoms with Crippen molar-refractivity contribution in [2.24, 2.45) is 0 Å². The third kappa shape index (κ3) is 5.44. The molecule has 1 atom stereocenters. The fraction of sp³-hybridized carbons (Fsp3) is 0.350. The van der Waals surface area contributed by atoms with E-state index in [1.54, 1.807) is 12.1 Å². The van der Waals surface area contributed by atoms with Crippen LogP contribution in [0.25, 0.3) is 0 Å². The van der Waals surface area contributed by atoms with Crippen LogP contribution in [-0.4, -0.2) is 26.2 Å². The molecule has 1 amide bonds. The summed E-state index contributed by atoms with van der Waals surface area (Å²) in [4.78, 5) is 12.4. The van der Waals surface area contributed by atoms with Crippen LogP contribution in [0.4, 0.5) is 8.78 Å². The van der Waals surface area contributed by atoms with E-state index in [1.807, 2.05) is 37.3 Å². The second-order valence-corrected chi connectivity index (χ2v) is 5.78. The number of ether oxygens (including phenoxy) is 2. The van der Waals surface area contributed by atoms with E-state index in [0.717, 1.165) is 11.1 Å². The van der Waals surface area contributed by atoms with Crippen molar-refractivity contribution in [1.82, 2.24) is 5.32 Å². The van der Waals surface area contributed by atoms with Gasteiger partial charge in [-0.25, -0.2) is 0 Å². The molecule has 0 aliphatic heterocycles. The maximum Gasteiger partial charge on any atom is 0.387 e. The van der Waals surface area contributed by atoms with Crippen LogP contribution in [0.5, 0.6) is 11.5 Å². The third-order valence-corrected chi connectivity index (χ3v) is 4.08. The van der Waals surface area contributed by atoms with Crippen LogP contribution in [-0.2, 0) is 11.2 Å². The number of benzene rings is 2. The molecule has 0 saturated carbocycles. The SMILES string of the molecule is CC[C@H](C(=O)NCCc1ccc(OC(F)F)c(OC)c1)c1ccccc1. The summed E-state index contributed by atoms with van der Waals surface area (Å²) in [5.74, 6) is 0.0196. The zero-order valence-electron chi connectivity index (χ0n) is 14.9. The molecule has 0 aromatic heterocycles. The normalized spacial score (nSPS) is 11.9. The third-order valence-electron chi connectivity index (χ3n) is 4.08. The Balaban J connectivity index is 1.93. The van der Waals surface area contributed by atoms with E-state index >= 15 is 0 Å². The Morgan fingerprint density at radius 3 is 2.46 bits per heavy atom. The highest BCUT2D eigenvalue weighted by molar-refractivity contribution is 5.83. The second-order valence-electron chi connectivity index (χ2n) is 5.78. The molecule has 2 aromatic rings. The number of alkyl halides is 2. The van der Waals surface area contributed by atoms with Gasteiger partial charge >= 0.3 is 6.61 Å². The van der Waals surface area contributed by atoms with Gasteiger partial charge in [-0.3, -0.25) is 4.79 Å². The molecular weight excluding hydrogens is 340 g/mol. The molecule has 0 unspecified atom stereocenters. The van der Waals surface area contributed by atoms with E-state index in [2.05, 4.69) is 10.1 Å². The van der Waals surface area contributed by atoms with Crippen molar-refractivity contribution in [2.75, 3.05) is 13.7 Å². The molecule has 4 nitrogen and oxygen atoms in total. The average molecular weight is 363 g/mol. The minimum absolute atomic E-state index is 0.00888. The van der Waals surface area contributed by atoms with Crippen molar-refractivity contribution in [3.05, 3.63) is 59.7 Å². The van der Waals surface area contributed by atoms with E-state index in [0.29, 0.717) is 19.4 Å². The summed E-state index contributed by atoms with van der Waals surface area (Å²) in [7, 11) is 1.39. The number of rotatable bonds is 9. The lowest BCUT2D eigenvalue weighted by molar-refractivity contribution is -0.122. The van der Waals surface area contributed by atoms with Gasteiger partial charge < -0.3 is 14.8 Å². The highest BCUT2D eigenvalue weighted by atomic mass is 19.3. The Hall–Kier alpha value is -2.63. The molecule has 0 saturated heterocycles. The summed E-state index contributed by atoms with van der Waals surface area (Å²) < 4.78 is 34.2. The van der Waals surface area contributed by atoms with Crippen molar-refractivity contribution in [2.45, 2.75) is 32.3 Å². The Bertz CT molecular complexity index is 707. The molecule has 0 radical (unpaired) electrons. The standard InChI is InChI=1S/C20H23F2NO3/c1-3-16(15-7-5-4-6-8-15)19(24)23-12-11-14-9-10-17(26-20(21)22)18(13-14)25-2/h4-10,13,16,20H,3,11-12H2,1-2H3,(H,23,24)/t16-/m0/s1. The molecule has 6 heteroatoms. The van der Waals surface area contributed by atoms with Crippen molar-refractivity contribution in [3.63, 3.8) is 0 Å². The highest BCUT2D eigenvalue weighted by Crippen LogP contribution is 2.29. The quantitative estimate of drug-likeness (QED) is 0.728. The van der Waals surface area contributed by atoms with Crippen LogP contribution in [0.1, 0.15) is 30.4 Å². The predicted octanol–water partition coefficient (Wildman–Crippen LogP) is 4.15. The summed E-state index contributed by atoms with van der Waals surface area (Å²) >= 11 is 0. The van der Waals surface area contributed by atoms with Crippen LogP contribution in [0, 0.1) is 0 Å². The van der Waals surface area contributed by atoms with Gasteiger partial charge in [0.2, 0.25) is 5.91 Å².